The smallest absolute Gasteiger partial charge is 0.326 e. The van der Waals surface area contributed by atoms with Gasteiger partial charge in [-0.2, -0.15) is 0 Å². The van der Waals surface area contributed by atoms with E-state index in [2.05, 4.69) is 19.9 Å². The maximum atomic E-state index is 13.4. The van der Waals surface area contributed by atoms with Crippen molar-refractivity contribution in [3.05, 3.63) is 47.6 Å². The van der Waals surface area contributed by atoms with Gasteiger partial charge in [-0.3, -0.25) is 19.2 Å². The Morgan fingerprint density at radius 1 is 0.919 bits per heavy atom. The molecule has 0 aromatic heterocycles. The van der Waals surface area contributed by atoms with Crippen molar-refractivity contribution in [1.29, 1.82) is 0 Å². The Bertz CT molecular complexity index is 1620. The maximum Gasteiger partial charge on any atom is 0.326 e. The van der Waals surface area contributed by atoms with Gasteiger partial charge in [-0.1, -0.05) is 82.2 Å². The number of rotatable bonds is 24. The fraction of sp³-hybridized carbons (Fsp3) is 0.740. The zero-order valence-electron chi connectivity index (χ0n) is 39.2. The van der Waals surface area contributed by atoms with E-state index in [9.17, 15) is 39.3 Å². The van der Waals surface area contributed by atoms with Crippen LogP contribution in [0.5, 0.6) is 0 Å². The number of aliphatic hydroxyl groups excluding tert-OH is 1. The number of carbonyl (C=O) groups is 5. The van der Waals surface area contributed by atoms with Gasteiger partial charge in [-0.25, -0.2) is 4.79 Å². The normalized spacial score (nSPS) is 29.0. The average molecular weight is 870 g/mol. The van der Waals surface area contributed by atoms with E-state index in [0.29, 0.717) is 69.6 Å². The predicted octanol–water partition coefficient (Wildman–Crippen LogP) is 8.13. The lowest BCUT2D eigenvalue weighted by molar-refractivity contribution is -0.263. The minimum Gasteiger partial charge on any atom is -0.480 e. The molecule has 2 unspecified atom stereocenters. The first-order valence-corrected chi connectivity index (χ1v) is 23.3. The summed E-state index contributed by atoms with van der Waals surface area (Å²) in [4.78, 5) is 65.8. The molecule has 0 aromatic carbocycles. The summed E-state index contributed by atoms with van der Waals surface area (Å²) >= 11 is 0. The number of ether oxygens (including phenoxy) is 3. The van der Waals surface area contributed by atoms with Crippen LogP contribution in [0.1, 0.15) is 145 Å². The molecule has 1 amide bonds. The van der Waals surface area contributed by atoms with Crippen LogP contribution in [0.3, 0.4) is 0 Å². The number of allylic oxidation sites excluding steroid dienone is 7. The van der Waals surface area contributed by atoms with Crippen molar-refractivity contribution in [3.8, 4) is 0 Å². The number of amides is 1. The molecule has 1 saturated carbocycles. The predicted molar refractivity (Wildman–Crippen MR) is 240 cm³/mol. The van der Waals surface area contributed by atoms with Crippen molar-refractivity contribution in [1.82, 2.24) is 4.90 Å². The van der Waals surface area contributed by atoms with Gasteiger partial charge >= 0.3 is 5.97 Å². The molecule has 12 atom stereocenters. The number of aliphatic carboxylic acids is 1. The minimum absolute atomic E-state index is 0.0491. The number of piperidine rings is 1. The summed E-state index contributed by atoms with van der Waals surface area (Å²) in [6.45, 7) is 13.9. The summed E-state index contributed by atoms with van der Waals surface area (Å²) in [6, 6.07) is -1.08. The summed E-state index contributed by atoms with van der Waals surface area (Å²) in [7, 11) is 3.22. The first-order valence-electron chi connectivity index (χ1n) is 23.3. The van der Waals surface area contributed by atoms with Crippen LogP contribution in [0.4, 0.5) is 0 Å². The number of carboxylic acid groups (broad SMARTS) is 1. The van der Waals surface area contributed by atoms with E-state index in [1.165, 1.54) is 0 Å². The molecule has 3 rings (SSSR count). The number of likely N-dealkylation sites (tertiary alicyclic amines) is 1. The summed E-state index contributed by atoms with van der Waals surface area (Å²) in [6.07, 6.45) is 20.4. The van der Waals surface area contributed by atoms with Crippen LogP contribution in [0, 0.1) is 35.5 Å². The van der Waals surface area contributed by atoms with Crippen molar-refractivity contribution in [2.24, 2.45) is 35.5 Å². The highest BCUT2D eigenvalue weighted by atomic mass is 16.6. The van der Waals surface area contributed by atoms with Gasteiger partial charge in [0, 0.05) is 51.4 Å². The SMILES string of the molecule is CO[C@H](C/C(C)=C/[C@@H](C)C(=O)CC[C@H](C)CC1CC[C@@H](O)[C@H](OC)C1)C(=O)[C@H](C)C[C@H](C)/C=C/C=C/C=C(\C)CC[C@@H]1CC[C@@H](C)[C@](O)(C(=O)C(=O)N2CCCCC2C(=O)O)O1. The zero-order chi connectivity index (χ0) is 46.1. The quantitative estimate of drug-likeness (QED) is 0.0485. The van der Waals surface area contributed by atoms with Crippen LogP contribution in [0.15, 0.2) is 47.6 Å². The van der Waals surface area contributed by atoms with E-state index in [0.717, 1.165) is 48.2 Å². The molecule has 0 spiro atoms. The molecule has 3 fully saturated rings. The molecular formula is C50H79NO11. The molecule has 3 N–H and O–H groups in total. The van der Waals surface area contributed by atoms with Gasteiger partial charge in [0.2, 0.25) is 5.79 Å². The second kappa shape index (κ2) is 25.9. The molecule has 2 saturated heterocycles. The fourth-order valence-electron chi connectivity index (χ4n) is 9.48. The summed E-state index contributed by atoms with van der Waals surface area (Å²) in [5, 5.41) is 31.0. The summed E-state index contributed by atoms with van der Waals surface area (Å²) < 4.78 is 17.0. The molecular weight excluding hydrogens is 791 g/mol. The zero-order valence-corrected chi connectivity index (χ0v) is 39.2. The van der Waals surface area contributed by atoms with Gasteiger partial charge in [0.15, 0.2) is 5.78 Å². The average Bonchev–Trinajstić information content (AvgIpc) is 3.24. The molecule has 0 aromatic rings. The van der Waals surface area contributed by atoms with Crippen molar-refractivity contribution < 1.29 is 53.5 Å². The number of aliphatic hydroxyl groups is 2. The first-order chi connectivity index (χ1) is 29.3. The van der Waals surface area contributed by atoms with Crippen LogP contribution < -0.4 is 0 Å². The highest BCUT2D eigenvalue weighted by molar-refractivity contribution is 6.39. The second-order valence-electron chi connectivity index (χ2n) is 19.0. The van der Waals surface area contributed by atoms with Crippen LogP contribution >= 0.6 is 0 Å². The molecule has 0 bridgehead atoms. The monoisotopic (exact) mass is 870 g/mol. The summed E-state index contributed by atoms with van der Waals surface area (Å²) in [5.41, 5.74) is 2.04. The van der Waals surface area contributed by atoms with Crippen molar-refractivity contribution in [2.75, 3.05) is 20.8 Å². The maximum absolute atomic E-state index is 13.4. The van der Waals surface area contributed by atoms with Gasteiger partial charge in [0.05, 0.1) is 18.3 Å². The Hall–Kier alpha value is -3.29. The molecule has 12 heteroatoms. The third kappa shape index (κ3) is 16.1. The van der Waals surface area contributed by atoms with Crippen LogP contribution in [0.2, 0.25) is 0 Å². The molecule has 2 aliphatic heterocycles. The van der Waals surface area contributed by atoms with Crippen LogP contribution in [-0.4, -0.2) is 106 Å². The first kappa shape index (κ1) is 53.1. The number of methoxy groups -OCH3 is 2. The third-order valence-electron chi connectivity index (χ3n) is 13.6. The van der Waals surface area contributed by atoms with Crippen LogP contribution in [-0.2, 0) is 38.2 Å². The Kier molecular flexibility index (Phi) is 22.1. The molecule has 350 valence electrons. The molecule has 2 heterocycles. The van der Waals surface area contributed by atoms with E-state index in [1.807, 2.05) is 58.1 Å². The van der Waals surface area contributed by atoms with E-state index >= 15 is 0 Å². The lowest BCUT2D eigenvalue weighted by atomic mass is 9.79. The van der Waals surface area contributed by atoms with Crippen LogP contribution in [0.25, 0.3) is 0 Å². The number of carboxylic acids is 1. The van der Waals surface area contributed by atoms with Crippen molar-refractivity contribution >= 4 is 29.2 Å². The molecule has 1 aliphatic carbocycles. The van der Waals surface area contributed by atoms with Gasteiger partial charge in [-0.05, 0) is 115 Å². The highest BCUT2D eigenvalue weighted by Gasteiger charge is 2.52. The second-order valence-corrected chi connectivity index (χ2v) is 19.0. The molecule has 3 aliphatic rings. The number of hydrogen-bond donors (Lipinski definition) is 3. The Morgan fingerprint density at radius 2 is 1.65 bits per heavy atom. The Labute approximate surface area is 371 Å². The fourth-order valence-corrected chi connectivity index (χ4v) is 9.48. The van der Waals surface area contributed by atoms with E-state index in [4.69, 9.17) is 14.2 Å². The number of Topliss-reactive ketones (excluding diaryl/α,β-unsaturated/α-hetero) is 3. The van der Waals surface area contributed by atoms with Gasteiger partial charge in [0.1, 0.15) is 17.9 Å². The highest BCUT2D eigenvalue weighted by Crippen LogP contribution is 2.36. The molecule has 12 nitrogen and oxygen atoms in total. The van der Waals surface area contributed by atoms with E-state index < -0.39 is 47.6 Å². The number of hydrogen-bond acceptors (Lipinski definition) is 10. The third-order valence-corrected chi connectivity index (χ3v) is 13.6. The van der Waals surface area contributed by atoms with E-state index in [-0.39, 0.29) is 54.5 Å². The van der Waals surface area contributed by atoms with Gasteiger partial charge in [0.25, 0.3) is 11.7 Å². The minimum atomic E-state index is -2.29. The number of nitrogens with zero attached hydrogens (tertiary/aromatic N) is 1. The molecule has 0 radical (unpaired) electrons. The lowest BCUT2D eigenvalue weighted by Crippen LogP contribution is -2.60. The Balaban J connectivity index is 1.41. The largest absolute Gasteiger partial charge is 0.480 e. The molecule has 62 heavy (non-hydrogen) atoms. The van der Waals surface area contributed by atoms with Gasteiger partial charge in [-0.15, -0.1) is 0 Å². The van der Waals surface area contributed by atoms with E-state index in [1.54, 1.807) is 21.1 Å². The van der Waals surface area contributed by atoms with Gasteiger partial charge < -0.3 is 34.4 Å². The topological polar surface area (TPSA) is 177 Å². The summed E-state index contributed by atoms with van der Waals surface area (Å²) in [5.74, 6) is -5.27. The lowest BCUT2D eigenvalue weighted by Gasteiger charge is -2.42. The standard InChI is InChI=1S/C50H79NO11/c1-32(18-22-40-23-20-38(7)50(59,62-40)47(55)48(56)51-26-14-13-17-41(51)49(57)58)15-11-10-12-16-33(2)27-37(6)46(54)45(61-9)30-35(4)28-36(5)42(52)24-19-34(3)29-39-21-25-43(53)44(31-39)60-8/h10-12,15-16,28,33-34,36-41,43-45,53,59H,13-14,17-27,29-31H2,1-9H3,(H,57,58)/b11-10+,16-12+,32-15+,35-28+/t33-,34+,36-,37-,38-,39?,40-,41?,43-,44-,45-,50-/m1/s1. The number of carbonyl (C=O) groups excluding carboxylic acids is 4. The van der Waals surface area contributed by atoms with Crippen molar-refractivity contribution in [3.63, 3.8) is 0 Å². The number of ketones is 3. The van der Waals surface area contributed by atoms with Crippen molar-refractivity contribution in [2.45, 2.75) is 181 Å². The Morgan fingerprint density at radius 3 is 2.32 bits per heavy atom.